The SMILES string of the molecule is O=C(O)c1nc(-c2ccc(O)cc2)n2c1CCCC2O. The highest BCUT2D eigenvalue weighted by molar-refractivity contribution is 5.88. The van der Waals surface area contributed by atoms with Crippen molar-refractivity contribution in [2.75, 3.05) is 0 Å². The summed E-state index contributed by atoms with van der Waals surface area (Å²) in [7, 11) is 0. The molecule has 0 amide bonds. The van der Waals surface area contributed by atoms with Crippen molar-refractivity contribution in [3.8, 4) is 17.1 Å². The number of aromatic hydroxyl groups is 1. The highest BCUT2D eigenvalue weighted by Gasteiger charge is 2.28. The number of aromatic carboxylic acids is 1. The Hall–Kier alpha value is -2.34. The molecule has 6 heteroatoms. The lowest BCUT2D eigenvalue weighted by Crippen LogP contribution is -2.19. The summed E-state index contributed by atoms with van der Waals surface area (Å²) >= 11 is 0. The van der Waals surface area contributed by atoms with Crippen molar-refractivity contribution in [3.05, 3.63) is 35.7 Å². The molecule has 0 saturated carbocycles. The molecule has 1 aliphatic heterocycles. The summed E-state index contributed by atoms with van der Waals surface area (Å²) in [6, 6.07) is 6.31. The first-order valence-electron chi connectivity index (χ1n) is 6.40. The number of aliphatic hydroxyl groups excluding tert-OH is 1. The molecule has 3 rings (SSSR count). The first-order chi connectivity index (χ1) is 9.58. The molecule has 104 valence electrons. The average Bonchev–Trinajstić information content (AvgIpc) is 2.81. The van der Waals surface area contributed by atoms with Gasteiger partial charge in [0.25, 0.3) is 0 Å². The van der Waals surface area contributed by atoms with Crippen molar-refractivity contribution in [2.45, 2.75) is 25.5 Å². The van der Waals surface area contributed by atoms with Crippen LogP contribution in [-0.4, -0.2) is 30.8 Å². The van der Waals surface area contributed by atoms with E-state index in [0.717, 1.165) is 6.42 Å². The normalized spacial score (nSPS) is 17.8. The van der Waals surface area contributed by atoms with Crippen LogP contribution in [0.15, 0.2) is 24.3 Å². The van der Waals surface area contributed by atoms with Gasteiger partial charge in [0.1, 0.15) is 17.8 Å². The van der Waals surface area contributed by atoms with Gasteiger partial charge in [0.05, 0.1) is 5.69 Å². The molecule has 0 saturated heterocycles. The fourth-order valence-corrected chi connectivity index (χ4v) is 2.59. The first kappa shape index (κ1) is 12.7. The zero-order valence-electron chi connectivity index (χ0n) is 10.7. The molecule has 0 aliphatic carbocycles. The van der Waals surface area contributed by atoms with Crippen LogP contribution in [-0.2, 0) is 6.42 Å². The number of fused-ring (bicyclic) bond motifs is 1. The van der Waals surface area contributed by atoms with Crippen molar-refractivity contribution >= 4 is 5.97 Å². The minimum Gasteiger partial charge on any atom is -0.508 e. The number of imidazole rings is 1. The number of carboxylic acid groups (broad SMARTS) is 1. The Kier molecular flexibility index (Phi) is 2.94. The summed E-state index contributed by atoms with van der Waals surface area (Å²) in [6.45, 7) is 0. The number of benzene rings is 1. The molecule has 6 nitrogen and oxygen atoms in total. The van der Waals surface area contributed by atoms with E-state index in [9.17, 15) is 20.1 Å². The number of hydrogen-bond acceptors (Lipinski definition) is 4. The topological polar surface area (TPSA) is 95.6 Å². The number of carbonyl (C=O) groups is 1. The van der Waals surface area contributed by atoms with Crippen LogP contribution < -0.4 is 0 Å². The van der Waals surface area contributed by atoms with Crippen molar-refractivity contribution in [3.63, 3.8) is 0 Å². The van der Waals surface area contributed by atoms with Gasteiger partial charge >= 0.3 is 5.97 Å². The third-order valence-corrected chi connectivity index (χ3v) is 3.51. The molecule has 2 aromatic rings. The average molecular weight is 274 g/mol. The summed E-state index contributed by atoms with van der Waals surface area (Å²) in [4.78, 5) is 15.4. The highest BCUT2D eigenvalue weighted by atomic mass is 16.4. The van der Waals surface area contributed by atoms with Crippen LogP contribution >= 0.6 is 0 Å². The number of phenolic OH excluding ortho intramolecular Hbond substituents is 1. The van der Waals surface area contributed by atoms with Crippen molar-refractivity contribution in [2.24, 2.45) is 0 Å². The van der Waals surface area contributed by atoms with Gasteiger partial charge in [0.2, 0.25) is 0 Å². The molecule has 1 aliphatic rings. The van der Waals surface area contributed by atoms with Crippen molar-refractivity contribution < 1.29 is 20.1 Å². The number of hydrogen-bond donors (Lipinski definition) is 3. The van der Waals surface area contributed by atoms with Gasteiger partial charge in [-0.1, -0.05) is 0 Å². The Morgan fingerprint density at radius 3 is 2.65 bits per heavy atom. The lowest BCUT2D eigenvalue weighted by Gasteiger charge is -2.23. The second-order valence-electron chi connectivity index (χ2n) is 4.83. The van der Waals surface area contributed by atoms with Gasteiger partial charge in [-0.25, -0.2) is 9.78 Å². The molecule has 20 heavy (non-hydrogen) atoms. The Bertz CT molecular complexity index is 661. The van der Waals surface area contributed by atoms with E-state index in [1.54, 1.807) is 16.7 Å². The maximum atomic E-state index is 11.3. The largest absolute Gasteiger partial charge is 0.508 e. The van der Waals surface area contributed by atoms with E-state index in [1.165, 1.54) is 12.1 Å². The summed E-state index contributed by atoms with van der Waals surface area (Å²) in [5.74, 6) is -0.546. The van der Waals surface area contributed by atoms with E-state index in [1.807, 2.05) is 0 Å². The first-order valence-corrected chi connectivity index (χ1v) is 6.40. The molecule has 0 fully saturated rings. The predicted molar refractivity (Wildman–Crippen MR) is 70.5 cm³/mol. The molecule has 1 aromatic heterocycles. The van der Waals surface area contributed by atoms with E-state index in [4.69, 9.17) is 0 Å². The van der Waals surface area contributed by atoms with E-state index >= 15 is 0 Å². The summed E-state index contributed by atoms with van der Waals surface area (Å²) in [6.07, 6.45) is 1.14. The molecule has 0 radical (unpaired) electrons. The van der Waals surface area contributed by atoms with Crippen molar-refractivity contribution in [1.29, 1.82) is 0 Å². The maximum absolute atomic E-state index is 11.3. The van der Waals surface area contributed by atoms with Gasteiger partial charge in [0.15, 0.2) is 5.69 Å². The highest BCUT2D eigenvalue weighted by Crippen LogP contribution is 2.32. The van der Waals surface area contributed by atoms with Gasteiger partial charge in [-0.15, -0.1) is 0 Å². The molecule has 1 aromatic carbocycles. The minimum absolute atomic E-state index is 0.00757. The van der Waals surface area contributed by atoms with Crippen LogP contribution in [0.5, 0.6) is 5.75 Å². The van der Waals surface area contributed by atoms with Crippen LogP contribution in [0.4, 0.5) is 0 Å². The number of phenols is 1. The third-order valence-electron chi connectivity index (χ3n) is 3.51. The predicted octanol–water partition coefficient (Wildman–Crippen LogP) is 1.78. The van der Waals surface area contributed by atoms with E-state index < -0.39 is 12.2 Å². The maximum Gasteiger partial charge on any atom is 0.356 e. The minimum atomic E-state index is -1.09. The van der Waals surface area contributed by atoms with Crippen LogP contribution in [0, 0.1) is 0 Å². The van der Waals surface area contributed by atoms with Gasteiger partial charge in [-0.3, -0.25) is 0 Å². The van der Waals surface area contributed by atoms with E-state index in [0.29, 0.717) is 29.9 Å². The molecule has 3 N–H and O–H groups in total. The summed E-state index contributed by atoms with van der Waals surface area (Å²) in [5.41, 5.74) is 1.21. The smallest absolute Gasteiger partial charge is 0.356 e. The number of carboxylic acids is 1. The quantitative estimate of drug-likeness (QED) is 0.775. The summed E-state index contributed by atoms with van der Waals surface area (Å²) < 4.78 is 1.58. The molecule has 2 heterocycles. The molecular weight excluding hydrogens is 260 g/mol. The van der Waals surface area contributed by atoms with Crippen LogP contribution in [0.1, 0.15) is 35.3 Å². The number of aromatic nitrogens is 2. The number of aliphatic hydroxyl groups is 1. The lowest BCUT2D eigenvalue weighted by molar-refractivity contribution is 0.0678. The van der Waals surface area contributed by atoms with Crippen LogP contribution in [0.3, 0.4) is 0 Å². The van der Waals surface area contributed by atoms with E-state index in [2.05, 4.69) is 4.98 Å². The number of rotatable bonds is 2. The second kappa shape index (κ2) is 4.64. The Morgan fingerprint density at radius 1 is 1.30 bits per heavy atom. The van der Waals surface area contributed by atoms with Gasteiger partial charge < -0.3 is 19.9 Å². The zero-order chi connectivity index (χ0) is 14.3. The van der Waals surface area contributed by atoms with Gasteiger partial charge in [0, 0.05) is 5.56 Å². The monoisotopic (exact) mass is 274 g/mol. The molecule has 1 unspecified atom stereocenters. The van der Waals surface area contributed by atoms with Crippen LogP contribution in [0.25, 0.3) is 11.4 Å². The third kappa shape index (κ3) is 1.94. The Labute approximate surface area is 114 Å². The standard InChI is InChI=1S/C14H14N2O4/c17-9-6-4-8(5-7-9)13-15-12(14(19)20)10-2-1-3-11(18)16(10)13/h4-7,11,17-18H,1-3H2,(H,19,20). The van der Waals surface area contributed by atoms with Crippen LogP contribution in [0.2, 0.25) is 0 Å². The Morgan fingerprint density at radius 2 is 2.00 bits per heavy atom. The van der Waals surface area contributed by atoms with Crippen molar-refractivity contribution in [1.82, 2.24) is 9.55 Å². The zero-order valence-corrected chi connectivity index (χ0v) is 10.7. The lowest BCUT2D eigenvalue weighted by atomic mass is 10.1. The summed E-state index contributed by atoms with van der Waals surface area (Å²) in [5, 5.41) is 28.7. The second-order valence-corrected chi connectivity index (χ2v) is 4.83. The van der Waals surface area contributed by atoms with E-state index in [-0.39, 0.29) is 11.4 Å². The fraction of sp³-hybridized carbons (Fsp3) is 0.286. The van der Waals surface area contributed by atoms with Gasteiger partial charge in [-0.2, -0.15) is 0 Å². The fourth-order valence-electron chi connectivity index (χ4n) is 2.59. The number of nitrogens with zero attached hydrogens (tertiary/aromatic N) is 2. The Balaban J connectivity index is 2.20. The van der Waals surface area contributed by atoms with Gasteiger partial charge in [-0.05, 0) is 43.5 Å². The molecule has 0 spiro atoms. The molecular formula is C14H14N2O4. The molecule has 0 bridgehead atoms. The molecule has 1 atom stereocenters.